The number of hydrogen-bond acceptors (Lipinski definition) is 2. The molecule has 0 aliphatic rings. The minimum Gasteiger partial charge on any atom is -0.489 e. The second kappa shape index (κ2) is 6.29. The maximum absolute atomic E-state index is 9.52. The van der Waals surface area contributed by atoms with Crippen LogP contribution < -0.4 is 4.74 Å². The second-order valence-electron chi connectivity index (χ2n) is 4.27. The summed E-state index contributed by atoms with van der Waals surface area (Å²) in [7, 11) is 0. The van der Waals surface area contributed by atoms with E-state index in [0.717, 1.165) is 11.1 Å². The molecule has 1 N–H and O–H groups in total. The van der Waals surface area contributed by atoms with Crippen molar-refractivity contribution in [1.29, 1.82) is 0 Å². The Labute approximate surface area is 122 Å². The molecule has 0 spiro atoms. The van der Waals surface area contributed by atoms with Crippen molar-refractivity contribution < 1.29 is 9.84 Å². The average Bonchev–Trinajstić information content (AvgIpc) is 2.40. The Bertz CT molecular complexity index is 568. The first-order chi connectivity index (χ1) is 9.06. The number of benzene rings is 2. The molecule has 2 nitrogen and oxygen atoms in total. The van der Waals surface area contributed by atoms with Gasteiger partial charge in [-0.2, -0.15) is 0 Å². The van der Waals surface area contributed by atoms with Crippen LogP contribution in [0.1, 0.15) is 24.2 Å². The molecule has 1 atom stereocenters. The molecule has 100 valence electrons. The van der Waals surface area contributed by atoms with Gasteiger partial charge in [0, 0.05) is 15.6 Å². The molecule has 0 fully saturated rings. The first kappa shape index (κ1) is 14.2. The van der Waals surface area contributed by atoms with Crippen molar-refractivity contribution in [2.75, 3.05) is 0 Å². The maximum atomic E-state index is 9.52. The van der Waals surface area contributed by atoms with Crippen LogP contribution in [0.5, 0.6) is 5.75 Å². The molecule has 2 aromatic carbocycles. The molecule has 0 heterocycles. The van der Waals surface area contributed by atoms with E-state index in [2.05, 4.69) is 0 Å². The highest BCUT2D eigenvalue weighted by molar-refractivity contribution is 6.33. The van der Waals surface area contributed by atoms with Crippen LogP contribution >= 0.6 is 23.2 Å². The van der Waals surface area contributed by atoms with Gasteiger partial charge >= 0.3 is 0 Å². The summed E-state index contributed by atoms with van der Waals surface area (Å²) in [6.45, 7) is 2.05. The van der Waals surface area contributed by atoms with Gasteiger partial charge in [-0.15, -0.1) is 0 Å². The fourth-order valence-corrected chi connectivity index (χ4v) is 2.05. The van der Waals surface area contributed by atoms with E-state index >= 15 is 0 Å². The summed E-state index contributed by atoms with van der Waals surface area (Å²) in [4.78, 5) is 0. The van der Waals surface area contributed by atoms with E-state index in [4.69, 9.17) is 27.9 Å². The van der Waals surface area contributed by atoms with Crippen LogP contribution in [-0.4, -0.2) is 5.11 Å². The Morgan fingerprint density at radius 3 is 2.68 bits per heavy atom. The lowest BCUT2D eigenvalue weighted by Gasteiger charge is -2.10. The molecule has 0 saturated heterocycles. The Balaban J connectivity index is 2.10. The third kappa shape index (κ3) is 3.87. The van der Waals surface area contributed by atoms with Gasteiger partial charge in [0.1, 0.15) is 12.4 Å². The third-order valence-electron chi connectivity index (χ3n) is 2.74. The summed E-state index contributed by atoms with van der Waals surface area (Å²) in [6.07, 6.45) is -0.515. The molecule has 0 aromatic heterocycles. The Morgan fingerprint density at radius 1 is 1.16 bits per heavy atom. The first-order valence-electron chi connectivity index (χ1n) is 5.91. The van der Waals surface area contributed by atoms with E-state index in [-0.39, 0.29) is 0 Å². The van der Waals surface area contributed by atoms with Crippen LogP contribution in [-0.2, 0) is 6.61 Å². The van der Waals surface area contributed by atoms with Gasteiger partial charge in [0.15, 0.2) is 0 Å². The summed E-state index contributed by atoms with van der Waals surface area (Å²) in [5.74, 6) is 0.689. The largest absolute Gasteiger partial charge is 0.489 e. The molecule has 1 unspecified atom stereocenters. The van der Waals surface area contributed by atoms with E-state index in [0.29, 0.717) is 22.4 Å². The van der Waals surface area contributed by atoms with E-state index in [1.807, 2.05) is 24.3 Å². The molecular weight excluding hydrogens is 283 g/mol. The molecule has 0 radical (unpaired) electrons. The van der Waals surface area contributed by atoms with Crippen molar-refractivity contribution in [1.82, 2.24) is 0 Å². The molecule has 0 saturated carbocycles. The normalized spacial score (nSPS) is 12.2. The van der Waals surface area contributed by atoms with Crippen LogP contribution in [0.4, 0.5) is 0 Å². The molecule has 2 rings (SSSR count). The summed E-state index contributed by atoms with van der Waals surface area (Å²) in [5, 5.41) is 10.8. The Morgan fingerprint density at radius 2 is 1.95 bits per heavy atom. The molecular formula is C15H14Cl2O2. The van der Waals surface area contributed by atoms with Gasteiger partial charge in [0.2, 0.25) is 0 Å². The SMILES string of the molecule is CC(O)c1cccc(OCc2cc(Cl)ccc2Cl)c1. The summed E-state index contributed by atoms with van der Waals surface area (Å²) >= 11 is 12.0. The van der Waals surface area contributed by atoms with Crippen molar-refractivity contribution in [3.8, 4) is 5.75 Å². The van der Waals surface area contributed by atoms with Gasteiger partial charge in [-0.25, -0.2) is 0 Å². The van der Waals surface area contributed by atoms with Gasteiger partial charge in [-0.05, 0) is 42.8 Å². The van der Waals surface area contributed by atoms with Crippen LogP contribution in [0.3, 0.4) is 0 Å². The molecule has 0 aliphatic carbocycles. The van der Waals surface area contributed by atoms with E-state index in [9.17, 15) is 5.11 Å². The number of rotatable bonds is 4. The van der Waals surface area contributed by atoms with Gasteiger partial charge < -0.3 is 9.84 Å². The molecule has 0 aliphatic heterocycles. The number of ether oxygens (including phenoxy) is 1. The number of hydrogen-bond donors (Lipinski definition) is 1. The topological polar surface area (TPSA) is 29.5 Å². The summed E-state index contributed by atoms with van der Waals surface area (Å²) in [6, 6.07) is 12.6. The Hall–Kier alpha value is -1.22. The smallest absolute Gasteiger partial charge is 0.120 e. The van der Waals surface area contributed by atoms with E-state index in [1.54, 1.807) is 25.1 Å². The number of aliphatic hydroxyl groups excluding tert-OH is 1. The van der Waals surface area contributed by atoms with Crippen LogP contribution in [0, 0.1) is 0 Å². The van der Waals surface area contributed by atoms with Gasteiger partial charge in [0.25, 0.3) is 0 Å². The predicted molar refractivity (Wildman–Crippen MR) is 77.9 cm³/mol. The van der Waals surface area contributed by atoms with Gasteiger partial charge in [-0.3, -0.25) is 0 Å². The lowest BCUT2D eigenvalue weighted by Crippen LogP contribution is -1.98. The van der Waals surface area contributed by atoms with Crippen LogP contribution in [0.2, 0.25) is 10.0 Å². The zero-order chi connectivity index (χ0) is 13.8. The predicted octanol–water partition coefficient (Wildman–Crippen LogP) is 4.63. The monoisotopic (exact) mass is 296 g/mol. The number of halogens is 2. The average molecular weight is 297 g/mol. The fraction of sp³-hybridized carbons (Fsp3) is 0.200. The highest BCUT2D eigenvalue weighted by atomic mass is 35.5. The van der Waals surface area contributed by atoms with Gasteiger partial charge in [-0.1, -0.05) is 35.3 Å². The van der Waals surface area contributed by atoms with Crippen molar-refractivity contribution in [2.24, 2.45) is 0 Å². The van der Waals surface area contributed by atoms with Crippen molar-refractivity contribution >= 4 is 23.2 Å². The lowest BCUT2D eigenvalue weighted by molar-refractivity contribution is 0.198. The first-order valence-corrected chi connectivity index (χ1v) is 6.66. The molecule has 19 heavy (non-hydrogen) atoms. The fourth-order valence-electron chi connectivity index (χ4n) is 1.68. The third-order valence-corrected chi connectivity index (χ3v) is 3.35. The highest BCUT2D eigenvalue weighted by Crippen LogP contribution is 2.24. The maximum Gasteiger partial charge on any atom is 0.120 e. The molecule has 4 heteroatoms. The zero-order valence-electron chi connectivity index (χ0n) is 10.4. The van der Waals surface area contributed by atoms with Crippen molar-refractivity contribution in [3.05, 3.63) is 63.6 Å². The molecule has 0 amide bonds. The van der Waals surface area contributed by atoms with Crippen molar-refractivity contribution in [3.63, 3.8) is 0 Å². The number of aliphatic hydroxyl groups is 1. The minimum atomic E-state index is -0.515. The second-order valence-corrected chi connectivity index (χ2v) is 5.12. The van der Waals surface area contributed by atoms with Crippen molar-refractivity contribution in [2.45, 2.75) is 19.6 Å². The zero-order valence-corrected chi connectivity index (χ0v) is 11.9. The summed E-state index contributed by atoms with van der Waals surface area (Å²) in [5.41, 5.74) is 1.64. The Kier molecular flexibility index (Phi) is 4.70. The molecule has 2 aromatic rings. The van der Waals surface area contributed by atoms with E-state index < -0.39 is 6.10 Å². The van der Waals surface area contributed by atoms with Crippen LogP contribution in [0.15, 0.2) is 42.5 Å². The van der Waals surface area contributed by atoms with E-state index in [1.165, 1.54) is 0 Å². The summed E-state index contributed by atoms with van der Waals surface area (Å²) < 4.78 is 5.66. The molecule has 0 bridgehead atoms. The van der Waals surface area contributed by atoms with Gasteiger partial charge in [0.05, 0.1) is 6.10 Å². The quantitative estimate of drug-likeness (QED) is 0.891. The lowest BCUT2D eigenvalue weighted by atomic mass is 10.1. The van der Waals surface area contributed by atoms with Crippen LogP contribution in [0.25, 0.3) is 0 Å². The standard InChI is InChI=1S/C15H14Cl2O2/c1-10(18)11-3-2-4-14(8-11)19-9-12-7-13(16)5-6-15(12)17/h2-8,10,18H,9H2,1H3. The minimum absolute atomic E-state index is 0.336. The highest BCUT2D eigenvalue weighted by Gasteiger charge is 2.05.